The molecule has 2 aromatic heterocycles. The summed E-state index contributed by atoms with van der Waals surface area (Å²) in [6, 6.07) is 5.67. The lowest BCUT2D eigenvalue weighted by Crippen LogP contribution is -2.31. The quantitative estimate of drug-likeness (QED) is 0.636. The van der Waals surface area contributed by atoms with Gasteiger partial charge >= 0.3 is 0 Å². The molecular formula is C17H17N5O3S. The minimum atomic E-state index is -3.50. The lowest BCUT2D eigenvalue weighted by Gasteiger charge is -2.33. The van der Waals surface area contributed by atoms with Crippen LogP contribution in [-0.4, -0.2) is 39.6 Å². The third-order valence-corrected chi connectivity index (χ3v) is 5.11. The van der Waals surface area contributed by atoms with Crippen molar-refractivity contribution in [3.8, 4) is 22.6 Å². The van der Waals surface area contributed by atoms with Crippen LogP contribution in [0.4, 0.5) is 0 Å². The molecule has 1 aliphatic heterocycles. The number of ether oxygens (including phenoxy) is 1. The van der Waals surface area contributed by atoms with Gasteiger partial charge in [0.15, 0.2) is 0 Å². The first kappa shape index (κ1) is 16.6. The zero-order valence-corrected chi connectivity index (χ0v) is 15.6. The molecule has 3 aromatic rings. The Labute approximate surface area is 150 Å². The second kappa shape index (κ2) is 5.34. The highest BCUT2D eigenvalue weighted by molar-refractivity contribution is 7.90. The van der Waals surface area contributed by atoms with E-state index in [0.29, 0.717) is 11.4 Å². The predicted octanol–water partition coefficient (Wildman–Crippen LogP) is 2.06. The van der Waals surface area contributed by atoms with Gasteiger partial charge in [-0.25, -0.2) is 23.1 Å². The summed E-state index contributed by atoms with van der Waals surface area (Å²) in [5.74, 6) is 0.658. The van der Waals surface area contributed by atoms with Crippen LogP contribution in [-0.2, 0) is 15.4 Å². The van der Waals surface area contributed by atoms with Gasteiger partial charge in [-0.1, -0.05) is 5.21 Å². The van der Waals surface area contributed by atoms with Crippen LogP contribution < -0.4 is 4.74 Å². The highest BCUT2D eigenvalue weighted by atomic mass is 32.2. The van der Waals surface area contributed by atoms with Crippen LogP contribution in [0.3, 0.4) is 0 Å². The molecule has 1 aromatic carbocycles. The third-order valence-electron chi connectivity index (χ3n) is 4.25. The Bertz CT molecular complexity index is 1140. The summed E-state index contributed by atoms with van der Waals surface area (Å²) in [5, 5.41) is 7.77. The van der Waals surface area contributed by atoms with Crippen LogP contribution in [0.2, 0.25) is 0 Å². The van der Waals surface area contributed by atoms with E-state index in [-0.39, 0.29) is 5.16 Å². The highest BCUT2D eigenvalue weighted by Crippen LogP contribution is 2.44. The first-order valence-electron chi connectivity index (χ1n) is 7.95. The Kier molecular flexibility index (Phi) is 3.42. The largest absolute Gasteiger partial charge is 0.481 e. The fourth-order valence-electron chi connectivity index (χ4n) is 3.01. The molecule has 3 heterocycles. The molecule has 0 unspecified atom stereocenters. The van der Waals surface area contributed by atoms with Gasteiger partial charge in [0.2, 0.25) is 15.0 Å². The summed E-state index contributed by atoms with van der Waals surface area (Å²) in [4.78, 5) is 8.30. The van der Waals surface area contributed by atoms with Crippen molar-refractivity contribution in [3.63, 3.8) is 0 Å². The molecule has 0 amide bonds. The summed E-state index contributed by atoms with van der Waals surface area (Å²) in [6.45, 7) is 5.61. The van der Waals surface area contributed by atoms with Gasteiger partial charge in [-0.3, -0.25) is 0 Å². The van der Waals surface area contributed by atoms with Gasteiger partial charge in [0.1, 0.15) is 11.4 Å². The third kappa shape index (κ3) is 2.55. The summed E-state index contributed by atoms with van der Waals surface area (Å²) < 4.78 is 31.5. The highest BCUT2D eigenvalue weighted by Gasteiger charge is 2.36. The number of rotatable bonds is 2. The van der Waals surface area contributed by atoms with Crippen LogP contribution >= 0.6 is 0 Å². The summed E-state index contributed by atoms with van der Waals surface area (Å²) in [5.41, 5.74) is 3.03. The topological polar surface area (TPSA) is 99.9 Å². The number of nitrogens with zero attached hydrogens (tertiary/aromatic N) is 5. The maximum Gasteiger partial charge on any atom is 0.247 e. The minimum absolute atomic E-state index is 0.203. The monoisotopic (exact) mass is 371 g/mol. The van der Waals surface area contributed by atoms with E-state index in [2.05, 4.69) is 20.3 Å². The van der Waals surface area contributed by atoms with E-state index in [1.54, 1.807) is 17.1 Å². The van der Waals surface area contributed by atoms with E-state index >= 15 is 0 Å². The van der Waals surface area contributed by atoms with Gasteiger partial charge in [-0.15, -0.1) is 5.10 Å². The number of sulfone groups is 1. The molecule has 0 radical (unpaired) electrons. The van der Waals surface area contributed by atoms with E-state index in [9.17, 15) is 8.42 Å². The summed E-state index contributed by atoms with van der Waals surface area (Å²) in [6.07, 6.45) is 4.31. The van der Waals surface area contributed by atoms with Gasteiger partial charge in [-0.2, -0.15) is 0 Å². The van der Waals surface area contributed by atoms with Crippen molar-refractivity contribution in [2.45, 2.75) is 31.5 Å². The molecule has 0 fully saturated rings. The predicted molar refractivity (Wildman–Crippen MR) is 93.9 cm³/mol. The van der Waals surface area contributed by atoms with Gasteiger partial charge in [0.05, 0.1) is 23.3 Å². The first-order valence-corrected chi connectivity index (χ1v) is 9.85. The number of hydrogen-bond acceptors (Lipinski definition) is 7. The zero-order valence-electron chi connectivity index (χ0n) is 14.8. The molecule has 0 bridgehead atoms. The Hall–Kier alpha value is -2.81. The molecule has 0 atom stereocenters. The van der Waals surface area contributed by atoms with Crippen LogP contribution in [0.15, 0.2) is 35.7 Å². The van der Waals surface area contributed by atoms with E-state index < -0.39 is 15.4 Å². The molecule has 0 aliphatic carbocycles. The Morgan fingerprint density at radius 2 is 1.92 bits per heavy atom. The molecule has 134 valence electrons. The van der Waals surface area contributed by atoms with E-state index in [0.717, 1.165) is 28.8 Å². The Balaban J connectivity index is 1.91. The molecule has 0 N–H and O–H groups in total. The van der Waals surface area contributed by atoms with Crippen molar-refractivity contribution in [1.29, 1.82) is 0 Å². The molecule has 0 saturated carbocycles. The van der Waals surface area contributed by atoms with Crippen molar-refractivity contribution < 1.29 is 13.2 Å². The molecule has 9 heteroatoms. The van der Waals surface area contributed by atoms with Gasteiger partial charge in [-0.05, 0) is 32.9 Å². The van der Waals surface area contributed by atoms with E-state index in [4.69, 9.17) is 4.74 Å². The van der Waals surface area contributed by atoms with Crippen molar-refractivity contribution in [1.82, 2.24) is 25.0 Å². The molecule has 0 saturated heterocycles. The molecule has 4 rings (SSSR count). The Morgan fingerprint density at radius 1 is 1.15 bits per heavy atom. The molecule has 0 spiro atoms. The molecular weight excluding hydrogens is 354 g/mol. The number of aromatic nitrogens is 5. The van der Waals surface area contributed by atoms with Crippen molar-refractivity contribution in [2.24, 2.45) is 0 Å². The summed E-state index contributed by atoms with van der Waals surface area (Å²) >= 11 is 0. The average Bonchev–Trinajstić information content (AvgIpc) is 2.99. The number of benzene rings is 1. The number of fused-ring (bicyclic) bond motifs is 3. The van der Waals surface area contributed by atoms with Crippen molar-refractivity contribution in [2.75, 3.05) is 6.26 Å². The normalized spacial score (nSPS) is 15.1. The molecule has 8 nitrogen and oxygen atoms in total. The lowest BCUT2D eigenvalue weighted by molar-refractivity contribution is 0.0994. The second-order valence-electron chi connectivity index (χ2n) is 6.77. The maximum absolute atomic E-state index is 11.8. The second-order valence-corrected chi connectivity index (χ2v) is 8.68. The number of hydrogen-bond donors (Lipinski definition) is 0. The molecule has 1 aliphatic rings. The van der Waals surface area contributed by atoms with Crippen LogP contribution in [0.25, 0.3) is 16.8 Å². The summed E-state index contributed by atoms with van der Waals surface area (Å²) in [7, 11) is -3.50. The SMILES string of the molecule is Cc1cnnn1-c1ccc2c(c1)OC(C)(C)c1nc(S(C)(=O)=O)ncc1-2. The average molecular weight is 371 g/mol. The van der Waals surface area contributed by atoms with E-state index in [1.807, 2.05) is 39.0 Å². The smallest absolute Gasteiger partial charge is 0.247 e. The lowest BCUT2D eigenvalue weighted by atomic mass is 9.91. The van der Waals surface area contributed by atoms with Gasteiger partial charge in [0.25, 0.3) is 0 Å². The Morgan fingerprint density at radius 3 is 2.58 bits per heavy atom. The van der Waals surface area contributed by atoms with Crippen molar-refractivity contribution >= 4 is 9.84 Å². The van der Waals surface area contributed by atoms with Crippen LogP contribution in [0.1, 0.15) is 25.2 Å². The van der Waals surface area contributed by atoms with Gasteiger partial charge < -0.3 is 4.74 Å². The van der Waals surface area contributed by atoms with Crippen LogP contribution in [0.5, 0.6) is 5.75 Å². The fraction of sp³-hybridized carbons (Fsp3) is 0.294. The van der Waals surface area contributed by atoms with E-state index in [1.165, 1.54) is 0 Å². The number of aryl methyl sites for hydroxylation is 1. The minimum Gasteiger partial charge on any atom is -0.481 e. The molecule has 26 heavy (non-hydrogen) atoms. The standard InChI is InChI=1S/C17H17N5O3S/c1-10-8-19-21-22(10)11-5-6-12-13-9-18-16(26(4,23)24)20-15(13)17(2,3)25-14(12)7-11/h5-9H,1-4H3. The van der Waals surface area contributed by atoms with Gasteiger partial charge in [0, 0.05) is 29.6 Å². The fourth-order valence-corrected chi connectivity index (χ4v) is 3.52. The van der Waals surface area contributed by atoms with Crippen LogP contribution in [0, 0.1) is 6.92 Å². The zero-order chi connectivity index (χ0) is 18.7. The maximum atomic E-state index is 11.8. The first-order chi connectivity index (χ1) is 12.2. The van der Waals surface area contributed by atoms with Crippen molar-refractivity contribution in [3.05, 3.63) is 42.0 Å².